The fraction of sp³-hybridized carbons (Fsp3) is 0.235. The third-order valence-corrected chi connectivity index (χ3v) is 2.37. The van der Waals surface area contributed by atoms with Crippen molar-refractivity contribution < 1.29 is 9.90 Å². The summed E-state index contributed by atoms with van der Waals surface area (Å²) in [6, 6.07) is 6.29. The zero-order valence-electron chi connectivity index (χ0n) is 11.9. The zero-order chi connectivity index (χ0) is 14.7. The molecule has 0 fully saturated rings. The number of hydrogen-bond donors (Lipinski definition) is 1. The van der Waals surface area contributed by atoms with Crippen LogP contribution < -0.4 is 0 Å². The molecule has 0 saturated carbocycles. The van der Waals surface area contributed by atoms with Gasteiger partial charge in [0, 0.05) is 12.0 Å². The van der Waals surface area contributed by atoms with Crippen molar-refractivity contribution in [2.24, 2.45) is 0 Å². The lowest BCUT2D eigenvalue weighted by Crippen LogP contribution is -1.99. The Morgan fingerprint density at radius 1 is 1.26 bits per heavy atom. The first kappa shape index (κ1) is 16.9. The molecule has 0 aliphatic carbocycles. The summed E-state index contributed by atoms with van der Waals surface area (Å²) in [5, 5.41) is 9.14. The van der Waals surface area contributed by atoms with Crippen molar-refractivity contribution >= 4 is 5.78 Å². The van der Waals surface area contributed by atoms with Crippen molar-refractivity contribution in [3.63, 3.8) is 0 Å². The minimum atomic E-state index is 0.0341. The van der Waals surface area contributed by atoms with Gasteiger partial charge < -0.3 is 5.11 Å². The molecular weight excluding hydrogens is 236 g/mol. The Hall–Kier alpha value is -2.09. The van der Waals surface area contributed by atoms with E-state index in [9.17, 15) is 4.79 Å². The van der Waals surface area contributed by atoms with E-state index in [0.29, 0.717) is 12.0 Å². The minimum Gasteiger partial charge on any atom is -0.508 e. The molecule has 0 aliphatic rings. The second-order valence-corrected chi connectivity index (χ2v) is 3.61. The molecule has 1 aromatic rings. The highest BCUT2D eigenvalue weighted by Crippen LogP contribution is 2.14. The fourth-order valence-corrected chi connectivity index (χ4v) is 1.38. The van der Waals surface area contributed by atoms with Gasteiger partial charge in [-0.05, 0) is 36.8 Å². The molecule has 102 valence electrons. The minimum absolute atomic E-state index is 0.0341. The summed E-state index contributed by atoms with van der Waals surface area (Å²) in [5.74, 6) is 0.200. The predicted octanol–water partition coefficient (Wildman–Crippen LogP) is 4.68. The van der Waals surface area contributed by atoms with Crippen molar-refractivity contribution in [2.75, 3.05) is 0 Å². The fourth-order valence-electron chi connectivity index (χ4n) is 1.38. The van der Waals surface area contributed by atoms with Crippen LogP contribution in [-0.4, -0.2) is 10.9 Å². The molecule has 0 saturated heterocycles. The Labute approximate surface area is 115 Å². The molecule has 2 nitrogen and oxygen atoms in total. The third kappa shape index (κ3) is 6.41. The largest absolute Gasteiger partial charge is 0.508 e. The summed E-state index contributed by atoms with van der Waals surface area (Å²) >= 11 is 0. The van der Waals surface area contributed by atoms with Gasteiger partial charge in [-0.15, -0.1) is 0 Å². The lowest BCUT2D eigenvalue weighted by molar-refractivity contribution is 0.0994. The quantitative estimate of drug-likeness (QED) is 0.615. The van der Waals surface area contributed by atoms with Crippen LogP contribution in [0.5, 0.6) is 5.75 Å². The van der Waals surface area contributed by atoms with Gasteiger partial charge in [-0.2, -0.15) is 0 Å². The van der Waals surface area contributed by atoms with Crippen LogP contribution in [0, 0.1) is 0 Å². The zero-order valence-corrected chi connectivity index (χ0v) is 11.9. The Morgan fingerprint density at radius 3 is 2.32 bits per heavy atom. The van der Waals surface area contributed by atoms with E-state index in [0.717, 1.165) is 5.57 Å². The van der Waals surface area contributed by atoms with Crippen LogP contribution in [0.1, 0.15) is 37.6 Å². The number of phenols is 1. The molecule has 0 spiro atoms. The van der Waals surface area contributed by atoms with Crippen molar-refractivity contribution in [1.29, 1.82) is 0 Å². The lowest BCUT2D eigenvalue weighted by Gasteiger charge is -2.02. The average molecular weight is 258 g/mol. The van der Waals surface area contributed by atoms with Gasteiger partial charge in [0.1, 0.15) is 5.75 Å². The molecule has 0 amide bonds. The van der Waals surface area contributed by atoms with E-state index in [-0.39, 0.29) is 11.5 Å². The number of carbonyl (C=O) groups is 1. The second kappa shape index (κ2) is 9.89. The van der Waals surface area contributed by atoms with E-state index in [2.05, 4.69) is 6.58 Å². The van der Waals surface area contributed by atoms with Crippen molar-refractivity contribution in [1.82, 2.24) is 0 Å². The number of allylic oxidation sites excluding steroid dienone is 5. The molecular formula is C17H22O2. The molecule has 0 atom stereocenters. The molecule has 0 aliphatic heterocycles. The Morgan fingerprint density at radius 2 is 1.84 bits per heavy atom. The Bertz CT molecular complexity index is 451. The standard InChI is InChI=1S/C15H16O2.C2H6/c1-3-5-6-12(4-2)11-15(17)13-7-9-14(16)10-8-13;1-2/h3-10,16H,1,11H2,2H3;1-2H3/b6-5-,12-4+;. The molecule has 0 radical (unpaired) electrons. The molecule has 0 aromatic heterocycles. The van der Waals surface area contributed by atoms with Crippen molar-refractivity contribution in [3.05, 3.63) is 66.3 Å². The van der Waals surface area contributed by atoms with Crippen LogP contribution in [0.15, 0.2) is 60.7 Å². The Kier molecular flexibility index (Phi) is 8.80. The van der Waals surface area contributed by atoms with E-state index < -0.39 is 0 Å². The second-order valence-electron chi connectivity index (χ2n) is 3.61. The van der Waals surface area contributed by atoms with Gasteiger partial charge in [0.05, 0.1) is 0 Å². The smallest absolute Gasteiger partial charge is 0.167 e. The van der Waals surface area contributed by atoms with E-state index in [1.54, 1.807) is 24.3 Å². The van der Waals surface area contributed by atoms with Gasteiger partial charge in [-0.25, -0.2) is 0 Å². The van der Waals surface area contributed by atoms with Gasteiger partial charge in [0.2, 0.25) is 0 Å². The van der Waals surface area contributed by atoms with E-state index >= 15 is 0 Å². The first-order chi connectivity index (χ1) is 9.17. The maximum absolute atomic E-state index is 11.9. The molecule has 0 unspecified atom stereocenters. The van der Waals surface area contributed by atoms with Crippen LogP contribution >= 0.6 is 0 Å². The highest BCUT2D eigenvalue weighted by molar-refractivity contribution is 5.97. The van der Waals surface area contributed by atoms with Crippen LogP contribution in [0.2, 0.25) is 0 Å². The van der Waals surface area contributed by atoms with Crippen molar-refractivity contribution in [3.8, 4) is 5.75 Å². The molecule has 0 heterocycles. The molecule has 19 heavy (non-hydrogen) atoms. The van der Waals surface area contributed by atoms with Crippen LogP contribution in [0.3, 0.4) is 0 Å². The summed E-state index contributed by atoms with van der Waals surface area (Å²) in [7, 11) is 0. The monoisotopic (exact) mass is 258 g/mol. The number of Topliss-reactive ketones (excluding diaryl/α,β-unsaturated/α-hetero) is 1. The first-order valence-electron chi connectivity index (χ1n) is 6.44. The molecule has 1 aromatic carbocycles. The van der Waals surface area contributed by atoms with Crippen molar-refractivity contribution in [2.45, 2.75) is 27.2 Å². The van der Waals surface area contributed by atoms with Gasteiger partial charge in [-0.3, -0.25) is 4.79 Å². The number of phenolic OH excluding ortho intramolecular Hbond substituents is 1. The maximum atomic E-state index is 11.9. The van der Waals surface area contributed by atoms with Gasteiger partial charge in [0.25, 0.3) is 0 Å². The normalized spacial score (nSPS) is 10.8. The number of carbonyl (C=O) groups excluding carboxylic acids is 1. The lowest BCUT2D eigenvalue weighted by atomic mass is 10.0. The SMILES string of the molecule is C=C/C=C\C(=C/C)CC(=O)c1ccc(O)cc1.CC. The topological polar surface area (TPSA) is 37.3 Å². The van der Waals surface area contributed by atoms with Gasteiger partial charge >= 0.3 is 0 Å². The van der Waals surface area contributed by atoms with Gasteiger partial charge in [-0.1, -0.05) is 44.7 Å². The molecule has 1 rings (SSSR count). The summed E-state index contributed by atoms with van der Waals surface area (Å²) in [5.41, 5.74) is 1.55. The van der Waals surface area contributed by atoms with Gasteiger partial charge in [0.15, 0.2) is 5.78 Å². The van der Waals surface area contributed by atoms with Crippen LogP contribution in [-0.2, 0) is 0 Å². The Balaban J connectivity index is 0.00000154. The van der Waals surface area contributed by atoms with Crippen LogP contribution in [0.25, 0.3) is 0 Å². The number of benzene rings is 1. The maximum Gasteiger partial charge on any atom is 0.167 e. The molecule has 0 bridgehead atoms. The average Bonchev–Trinajstić information content (AvgIpc) is 2.46. The summed E-state index contributed by atoms with van der Waals surface area (Å²) in [6.45, 7) is 9.48. The highest BCUT2D eigenvalue weighted by atomic mass is 16.3. The molecule has 2 heteroatoms. The van der Waals surface area contributed by atoms with E-state index in [4.69, 9.17) is 5.11 Å². The first-order valence-corrected chi connectivity index (χ1v) is 6.44. The summed E-state index contributed by atoms with van der Waals surface area (Å²) in [6.07, 6.45) is 7.60. The number of hydrogen-bond acceptors (Lipinski definition) is 2. The van der Waals surface area contributed by atoms with Crippen LogP contribution in [0.4, 0.5) is 0 Å². The number of rotatable bonds is 5. The van der Waals surface area contributed by atoms with E-state index in [1.807, 2.05) is 32.9 Å². The van der Waals surface area contributed by atoms with E-state index in [1.165, 1.54) is 12.1 Å². The highest BCUT2D eigenvalue weighted by Gasteiger charge is 2.06. The summed E-state index contributed by atoms with van der Waals surface area (Å²) in [4.78, 5) is 11.9. The summed E-state index contributed by atoms with van der Waals surface area (Å²) < 4.78 is 0. The number of ketones is 1. The predicted molar refractivity (Wildman–Crippen MR) is 81.5 cm³/mol. The third-order valence-electron chi connectivity index (χ3n) is 2.37. The molecule has 1 N–H and O–H groups in total. The number of aromatic hydroxyl groups is 1.